The molecule has 2 rings (SSSR count). The summed E-state index contributed by atoms with van der Waals surface area (Å²) in [6.45, 7) is 5.27. The van der Waals surface area contributed by atoms with Crippen LogP contribution in [0.15, 0.2) is 28.1 Å². The molecule has 5 nitrogen and oxygen atoms in total. The fourth-order valence-electron chi connectivity index (χ4n) is 2.62. The van der Waals surface area contributed by atoms with Crippen LogP contribution in [-0.4, -0.2) is 38.5 Å². The fraction of sp³-hybridized carbons (Fsp3) is 0.562. The van der Waals surface area contributed by atoms with Crippen LogP contribution in [0.25, 0.3) is 0 Å². The Morgan fingerprint density at radius 2 is 1.96 bits per heavy atom. The molecule has 1 aromatic carbocycles. The van der Waals surface area contributed by atoms with Crippen LogP contribution in [-0.2, 0) is 9.84 Å². The molecule has 0 saturated carbocycles. The molecule has 23 heavy (non-hydrogen) atoms. The number of aliphatic imine (C=N–C) groups is 1. The number of nitrogens with zero attached hydrogens (tertiary/aromatic N) is 2. The second kappa shape index (κ2) is 7.53. The number of piperidine rings is 1. The summed E-state index contributed by atoms with van der Waals surface area (Å²) in [4.78, 5) is 6.70. The standard InChI is InChI=1S/C16H24ClN3O2S/c1-12(2)23(21,22)15-7-6-13(20-8-4-3-5-9-20)10-14(15)19-16(18)11-17/h6-7,10,12H,3-5,8-9,11H2,1-2H3,(H2,18,19). The van der Waals surface area contributed by atoms with Crippen molar-refractivity contribution in [3.8, 4) is 0 Å². The first kappa shape index (κ1) is 18.1. The van der Waals surface area contributed by atoms with Crippen molar-refractivity contribution in [3.05, 3.63) is 18.2 Å². The van der Waals surface area contributed by atoms with Crippen LogP contribution in [0.5, 0.6) is 0 Å². The van der Waals surface area contributed by atoms with E-state index in [1.807, 2.05) is 6.07 Å². The molecule has 1 aliphatic heterocycles. The number of alkyl halides is 1. The zero-order valence-electron chi connectivity index (χ0n) is 13.6. The van der Waals surface area contributed by atoms with E-state index >= 15 is 0 Å². The average Bonchev–Trinajstić information content (AvgIpc) is 2.55. The zero-order valence-corrected chi connectivity index (χ0v) is 15.2. The van der Waals surface area contributed by atoms with Gasteiger partial charge in [-0.05, 0) is 51.3 Å². The summed E-state index contributed by atoms with van der Waals surface area (Å²) >= 11 is 5.70. The second-order valence-corrected chi connectivity index (χ2v) is 8.77. The molecule has 1 saturated heterocycles. The number of benzene rings is 1. The lowest BCUT2D eigenvalue weighted by molar-refractivity contribution is 0.577. The highest BCUT2D eigenvalue weighted by Gasteiger charge is 2.24. The summed E-state index contributed by atoms with van der Waals surface area (Å²) in [6, 6.07) is 5.30. The van der Waals surface area contributed by atoms with Gasteiger partial charge in [0, 0.05) is 18.8 Å². The van der Waals surface area contributed by atoms with E-state index in [4.69, 9.17) is 17.3 Å². The van der Waals surface area contributed by atoms with Crippen LogP contribution in [0.2, 0.25) is 0 Å². The Bertz CT molecular complexity index is 681. The van der Waals surface area contributed by atoms with E-state index in [0.29, 0.717) is 5.69 Å². The summed E-state index contributed by atoms with van der Waals surface area (Å²) in [5.74, 6) is 0.275. The number of amidine groups is 1. The second-order valence-electron chi connectivity index (χ2n) is 6.03. The van der Waals surface area contributed by atoms with Gasteiger partial charge in [0.25, 0.3) is 0 Å². The molecule has 128 valence electrons. The average molecular weight is 358 g/mol. The molecular weight excluding hydrogens is 334 g/mol. The van der Waals surface area contributed by atoms with E-state index in [1.165, 1.54) is 6.42 Å². The number of anilines is 1. The molecular formula is C16H24ClN3O2S. The molecule has 1 aliphatic rings. The van der Waals surface area contributed by atoms with Gasteiger partial charge in [0.15, 0.2) is 9.84 Å². The highest BCUT2D eigenvalue weighted by atomic mass is 35.5. The summed E-state index contributed by atoms with van der Waals surface area (Å²) in [7, 11) is -3.43. The Labute approximate surface area is 143 Å². The Morgan fingerprint density at radius 3 is 2.52 bits per heavy atom. The van der Waals surface area contributed by atoms with E-state index in [1.54, 1.807) is 26.0 Å². The van der Waals surface area contributed by atoms with Crippen LogP contribution >= 0.6 is 11.6 Å². The molecule has 0 atom stereocenters. The van der Waals surface area contributed by atoms with Crippen LogP contribution in [0.1, 0.15) is 33.1 Å². The predicted molar refractivity (Wildman–Crippen MR) is 96.8 cm³/mol. The highest BCUT2D eigenvalue weighted by Crippen LogP contribution is 2.33. The first-order valence-corrected chi connectivity index (χ1v) is 9.96. The third-order valence-electron chi connectivity index (χ3n) is 3.99. The molecule has 1 aromatic rings. The maximum atomic E-state index is 12.6. The van der Waals surface area contributed by atoms with E-state index in [2.05, 4.69) is 9.89 Å². The van der Waals surface area contributed by atoms with Crippen molar-refractivity contribution in [2.75, 3.05) is 23.9 Å². The molecule has 0 amide bonds. The van der Waals surface area contributed by atoms with Gasteiger partial charge in [-0.25, -0.2) is 13.4 Å². The van der Waals surface area contributed by atoms with Gasteiger partial charge in [-0.15, -0.1) is 11.6 Å². The largest absolute Gasteiger partial charge is 0.386 e. The first-order chi connectivity index (χ1) is 10.9. The lowest BCUT2D eigenvalue weighted by Gasteiger charge is -2.29. The number of hydrogen-bond acceptors (Lipinski definition) is 4. The minimum Gasteiger partial charge on any atom is -0.386 e. The summed E-state index contributed by atoms with van der Waals surface area (Å²) in [6.07, 6.45) is 3.53. The Balaban J connectivity index is 2.51. The van der Waals surface area contributed by atoms with E-state index in [0.717, 1.165) is 31.6 Å². The van der Waals surface area contributed by atoms with E-state index < -0.39 is 15.1 Å². The van der Waals surface area contributed by atoms with Gasteiger partial charge < -0.3 is 10.6 Å². The van der Waals surface area contributed by atoms with Gasteiger partial charge in [-0.3, -0.25) is 0 Å². The summed E-state index contributed by atoms with van der Waals surface area (Å²) < 4.78 is 25.1. The van der Waals surface area contributed by atoms with Crippen molar-refractivity contribution in [3.63, 3.8) is 0 Å². The molecule has 0 spiro atoms. The smallest absolute Gasteiger partial charge is 0.182 e. The molecule has 0 aromatic heterocycles. The van der Waals surface area contributed by atoms with Crippen LogP contribution in [0.3, 0.4) is 0 Å². The number of halogens is 1. The Kier molecular flexibility index (Phi) is 5.92. The van der Waals surface area contributed by atoms with Gasteiger partial charge in [-0.2, -0.15) is 0 Å². The zero-order chi connectivity index (χ0) is 17.0. The third-order valence-corrected chi connectivity index (χ3v) is 6.47. The maximum Gasteiger partial charge on any atom is 0.182 e. The van der Waals surface area contributed by atoms with Gasteiger partial charge in [-0.1, -0.05) is 0 Å². The topological polar surface area (TPSA) is 75.8 Å². The quantitative estimate of drug-likeness (QED) is 0.499. The lowest BCUT2D eigenvalue weighted by atomic mass is 10.1. The van der Waals surface area contributed by atoms with Crippen LogP contribution < -0.4 is 10.6 Å². The number of sulfone groups is 1. The van der Waals surface area contributed by atoms with Crippen molar-refractivity contribution < 1.29 is 8.42 Å². The molecule has 7 heteroatoms. The van der Waals surface area contributed by atoms with Gasteiger partial charge in [0.1, 0.15) is 5.84 Å². The normalized spacial score (nSPS) is 16.9. The minimum absolute atomic E-state index is 0.0646. The SMILES string of the molecule is CC(C)S(=O)(=O)c1ccc(N2CCCCC2)cc1N=C(N)CCl. The molecule has 2 N–H and O–H groups in total. The van der Waals surface area contributed by atoms with Gasteiger partial charge in [0.05, 0.1) is 21.7 Å². The summed E-state index contributed by atoms with van der Waals surface area (Å²) in [5.41, 5.74) is 7.09. The molecule has 0 unspecified atom stereocenters. The van der Waals surface area contributed by atoms with E-state index in [9.17, 15) is 8.42 Å². The van der Waals surface area contributed by atoms with Crippen molar-refractivity contribution >= 4 is 38.6 Å². The third kappa shape index (κ3) is 4.18. The Hall–Kier alpha value is -1.27. The lowest BCUT2D eigenvalue weighted by Crippen LogP contribution is -2.29. The first-order valence-electron chi connectivity index (χ1n) is 7.88. The summed E-state index contributed by atoms with van der Waals surface area (Å²) in [5, 5.41) is -0.519. The Morgan fingerprint density at radius 1 is 1.30 bits per heavy atom. The maximum absolute atomic E-state index is 12.6. The van der Waals surface area contributed by atoms with Crippen LogP contribution in [0, 0.1) is 0 Å². The molecule has 0 radical (unpaired) electrons. The minimum atomic E-state index is -3.43. The number of hydrogen-bond donors (Lipinski definition) is 1. The molecule has 0 aliphatic carbocycles. The fourth-order valence-corrected chi connectivity index (χ4v) is 3.84. The van der Waals surface area contributed by atoms with Crippen molar-refractivity contribution in [2.24, 2.45) is 10.7 Å². The molecule has 0 bridgehead atoms. The highest BCUT2D eigenvalue weighted by molar-refractivity contribution is 7.92. The number of rotatable bonds is 5. The van der Waals surface area contributed by atoms with Gasteiger partial charge >= 0.3 is 0 Å². The molecule has 1 fully saturated rings. The van der Waals surface area contributed by atoms with Gasteiger partial charge in [0.2, 0.25) is 0 Å². The number of nitrogens with two attached hydrogens (primary N) is 1. The van der Waals surface area contributed by atoms with E-state index in [-0.39, 0.29) is 16.6 Å². The van der Waals surface area contributed by atoms with Crippen LogP contribution in [0.4, 0.5) is 11.4 Å². The molecule has 1 heterocycles. The predicted octanol–water partition coefficient (Wildman–Crippen LogP) is 3.09. The van der Waals surface area contributed by atoms with Crippen molar-refractivity contribution in [1.82, 2.24) is 0 Å². The van der Waals surface area contributed by atoms with Crippen molar-refractivity contribution in [1.29, 1.82) is 0 Å². The van der Waals surface area contributed by atoms with Crippen molar-refractivity contribution in [2.45, 2.75) is 43.3 Å². The monoisotopic (exact) mass is 357 g/mol.